The lowest BCUT2D eigenvalue weighted by Gasteiger charge is -2.15. The van der Waals surface area contributed by atoms with E-state index in [0.29, 0.717) is 30.4 Å². The molecule has 178 valence electrons. The number of benzene rings is 2. The van der Waals surface area contributed by atoms with Gasteiger partial charge >= 0.3 is 0 Å². The quantitative estimate of drug-likeness (QED) is 0.436. The molecular formula is C25H27N3O4S2. The van der Waals surface area contributed by atoms with Crippen LogP contribution in [0.15, 0.2) is 82.8 Å². The first-order chi connectivity index (χ1) is 16.4. The molecule has 4 rings (SSSR count). The zero-order chi connectivity index (χ0) is 24.0. The third-order valence-electron chi connectivity index (χ3n) is 5.45. The SMILES string of the molecule is C[C@H](Sc1ccc(S(=O)(=O)N2CCCC2)cn1)C(=O)Nc1ccc(OCc2ccccc2)cc1. The van der Waals surface area contributed by atoms with Crippen molar-refractivity contribution in [2.24, 2.45) is 0 Å². The Morgan fingerprint density at radius 2 is 1.76 bits per heavy atom. The summed E-state index contributed by atoms with van der Waals surface area (Å²) in [4.78, 5) is 17.1. The molecule has 2 heterocycles. The number of anilines is 1. The smallest absolute Gasteiger partial charge is 0.244 e. The summed E-state index contributed by atoms with van der Waals surface area (Å²) in [6, 6.07) is 20.3. The van der Waals surface area contributed by atoms with Gasteiger partial charge in [-0.2, -0.15) is 4.31 Å². The second kappa shape index (κ2) is 11.0. The van der Waals surface area contributed by atoms with Crippen LogP contribution in [0.5, 0.6) is 5.75 Å². The van der Waals surface area contributed by atoms with Crippen LogP contribution in [-0.4, -0.2) is 42.0 Å². The van der Waals surface area contributed by atoms with Gasteiger partial charge in [-0.25, -0.2) is 13.4 Å². The highest BCUT2D eigenvalue weighted by molar-refractivity contribution is 8.00. The van der Waals surface area contributed by atoms with E-state index < -0.39 is 15.3 Å². The van der Waals surface area contributed by atoms with Gasteiger partial charge in [-0.05, 0) is 61.7 Å². The Morgan fingerprint density at radius 3 is 2.41 bits per heavy atom. The van der Waals surface area contributed by atoms with Gasteiger partial charge in [0.15, 0.2) is 0 Å². The first-order valence-electron chi connectivity index (χ1n) is 11.1. The molecule has 7 nitrogen and oxygen atoms in total. The van der Waals surface area contributed by atoms with Gasteiger partial charge in [-0.1, -0.05) is 42.1 Å². The van der Waals surface area contributed by atoms with Gasteiger partial charge in [0, 0.05) is 25.0 Å². The Hall–Kier alpha value is -2.88. The summed E-state index contributed by atoms with van der Waals surface area (Å²) < 4.78 is 32.5. The molecule has 0 bridgehead atoms. The average Bonchev–Trinajstić information content (AvgIpc) is 3.41. The molecule has 1 amide bonds. The Kier molecular flexibility index (Phi) is 7.87. The number of carbonyl (C=O) groups excluding carboxylic acids is 1. The van der Waals surface area contributed by atoms with Crippen LogP contribution in [0.4, 0.5) is 5.69 Å². The van der Waals surface area contributed by atoms with Gasteiger partial charge in [0.1, 0.15) is 17.3 Å². The van der Waals surface area contributed by atoms with E-state index in [1.807, 2.05) is 42.5 Å². The molecule has 1 fully saturated rings. The van der Waals surface area contributed by atoms with E-state index in [2.05, 4.69) is 10.3 Å². The van der Waals surface area contributed by atoms with Crippen molar-refractivity contribution < 1.29 is 17.9 Å². The average molecular weight is 498 g/mol. The summed E-state index contributed by atoms with van der Waals surface area (Å²) in [5.74, 6) is 0.552. The summed E-state index contributed by atoms with van der Waals surface area (Å²) in [6.45, 7) is 3.37. The number of hydrogen-bond donors (Lipinski definition) is 1. The van der Waals surface area contributed by atoms with Gasteiger partial charge < -0.3 is 10.1 Å². The maximum absolute atomic E-state index is 12.6. The van der Waals surface area contributed by atoms with Crippen LogP contribution in [0.3, 0.4) is 0 Å². The molecule has 1 atom stereocenters. The predicted octanol–water partition coefficient (Wildman–Crippen LogP) is 4.56. The minimum atomic E-state index is -3.49. The fourth-order valence-corrected chi connectivity index (χ4v) is 5.77. The Bertz CT molecular complexity index is 1200. The van der Waals surface area contributed by atoms with E-state index >= 15 is 0 Å². The fourth-order valence-electron chi connectivity index (χ4n) is 3.52. The summed E-state index contributed by atoms with van der Waals surface area (Å²) in [5, 5.41) is 3.07. The Morgan fingerprint density at radius 1 is 1.06 bits per heavy atom. The Balaban J connectivity index is 1.29. The number of nitrogens with zero attached hydrogens (tertiary/aromatic N) is 2. The minimum Gasteiger partial charge on any atom is -0.489 e. The molecule has 1 aliphatic heterocycles. The highest BCUT2D eigenvalue weighted by Crippen LogP contribution is 2.26. The van der Waals surface area contributed by atoms with Crippen LogP contribution in [-0.2, 0) is 21.4 Å². The number of nitrogens with one attached hydrogen (secondary N) is 1. The van der Waals surface area contributed by atoms with Crippen LogP contribution in [0.2, 0.25) is 0 Å². The summed E-state index contributed by atoms with van der Waals surface area (Å²) in [7, 11) is -3.49. The molecule has 1 saturated heterocycles. The maximum Gasteiger partial charge on any atom is 0.244 e. The number of pyridine rings is 1. The van der Waals surface area contributed by atoms with Gasteiger partial charge in [0.2, 0.25) is 15.9 Å². The predicted molar refractivity (Wildman–Crippen MR) is 133 cm³/mol. The minimum absolute atomic E-state index is 0.168. The van der Waals surface area contributed by atoms with Crippen molar-refractivity contribution in [1.82, 2.24) is 9.29 Å². The lowest BCUT2D eigenvalue weighted by molar-refractivity contribution is -0.115. The van der Waals surface area contributed by atoms with Crippen LogP contribution in [0.1, 0.15) is 25.3 Å². The lowest BCUT2D eigenvalue weighted by atomic mass is 10.2. The van der Waals surface area contributed by atoms with E-state index in [9.17, 15) is 13.2 Å². The van der Waals surface area contributed by atoms with E-state index in [4.69, 9.17) is 4.74 Å². The highest BCUT2D eigenvalue weighted by atomic mass is 32.2. The summed E-state index contributed by atoms with van der Waals surface area (Å²) in [6.07, 6.45) is 3.14. The van der Waals surface area contributed by atoms with Crippen molar-refractivity contribution in [3.63, 3.8) is 0 Å². The topological polar surface area (TPSA) is 88.6 Å². The van der Waals surface area contributed by atoms with E-state index in [-0.39, 0.29) is 10.8 Å². The Labute approximate surface area is 204 Å². The largest absolute Gasteiger partial charge is 0.489 e. The normalized spacial score (nSPS) is 15.1. The molecule has 1 N–H and O–H groups in total. The third-order valence-corrected chi connectivity index (χ3v) is 8.38. The van der Waals surface area contributed by atoms with Crippen molar-refractivity contribution in [3.8, 4) is 5.75 Å². The van der Waals surface area contributed by atoms with Gasteiger partial charge in [0.25, 0.3) is 0 Å². The van der Waals surface area contributed by atoms with E-state index in [1.165, 1.54) is 22.3 Å². The highest BCUT2D eigenvalue weighted by Gasteiger charge is 2.27. The lowest BCUT2D eigenvalue weighted by Crippen LogP contribution is -2.28. The molecule has 2 aromatic carbocycles. The molecule has 3 aromatic rings. The number of hydrogen-bond acceptors (Lipinski definition) is 6. The monoisotopic (exact) mass is 497 g/mol. The molecule has 0 spiro atoms. The molecular weight excluding hydrogens is 470 g/mol. The van der Waals surface area contributed by atoms with Gasteiger partial charge in [-0.15, -0.1) is 0 Å². The van der Waals surface area contributed by atoms with E-state index in [0.717, 1.165) is 24.2 Å². The first kappa shape index (κ1) is 24.3. The summed E-state index contributed by atoms with van der Waals surface area (Å²) >= 11 is 1.28. The number of sulfonamides is 1. The van der Waals surface area contributed by atoms with Crippen molar-refractivity contribution in [3.05, 3.63) is 78.5 Å². The summed E-state index contributed by atoms with van der Waals surface area (Å²) in [5.41, 5.74) is 1.76. The van der Waals surface area contributed by atoms with E-state index in [1.54, 1.807) is 31.2 Å². The number of amides is 1. The van der Waals surface area contributed by atoms with Gasteiger partial charge in [0.05, 0.1) is 10.3 Å². The van der Waals surface area contributed by atoms with Crippen LogP contribution in [0.25, 0.3) is 0 Å². The molecule has 34 heavy (non-hydrogen) atoms. The van der Waals surface area contributed by atoms with Crippen LogP contribution in [0, 0.1) is 0 Å². The number of rotatable bonds is 9. The third kappa shape index (κ3) is 6.16. The van der Waals surface area contributed by atoms with Crippen molar-refractivity contribution >= 4 is 33.4 Å². The molecule has 0 saturated carbocycles. The number of carbonyl (C=O) groups is 1. The molecule has 0 aliphatic carbocycles. The van der Waals surface area contributed by atoms with Crippen molar-refractivity contribution in [2.45, 2.75) is 41.5 Å². The number of ether oxygens (including phenoxy) is 1. The molecule has 1 aromatic heterocycles. The zero-order valence-corrected chi connectivity index (χ0v) is 20.5. The fraction of sp³-hybridized carbons (Fsp3) is 0.280. The second-order valence-electron chi connectivity index (χ2n) is 7.99. The molecule has 1 aliphatic rings. The van der Waals surface area contributed by atoms with Crippen molar-refractivity contribution in [2.75, 3.05) is 18.4 Å². The second-order valence-corrected chi connectivity index (χ2v) is 11.3. The molecule has 0 unspecified atom stereocenters. The maximum atomic E-state index is 12.6. The van der Waals surface area contributed by atoms with Crippen molar-refractivity contribution in [1.29, 1.82) is 0 Å². The standard InChI is InChI=1S/C25H27N3O4S2/c1-19(33-24-14-13-23(17-26-24)34(30,31)28-15-5-6-16-28)25(29)27-21-9-11-22(12-10-21)32-18-20-7-3-2-4-8-20/h2-4,7-14,17,19H,5-6,15-16,18H2,1H3,(H,27,29)/t19-/m0/s1. The number of aromatic nitrogens is 1. The first-order valence-corrected chi connectivity index (χ1v) is 13.4. The van der Waals surface area contributed by atoms with Crippen LogP contribution < -0.4 is 10.1 Å². The van der Waals surface area contributed by atoms with Crippen LogP contribution >= 0.6 is 11.8 Å². The molecule has 0 radical (unpaired) electrons. The van der Waals surface area contributed by atoms with Gasteiger partial charge in [-0.3, -0.25) is 4.79 Å². The molecule has 9 heteroatoms. The zero-order valence-electron chi connectivity index (χ0n) is 18.9. The number of thioether (sulfide) groups is 1.